The van der Waals surface area contributed by atoms with Gasteiger partial charge in [0, 0.05) is 16.9 Å². The topological polar surface area (TPSA) is 68.0 Å². The van der Waals surface area contributed by atoms with Crippen molar-refractivity contribution in [2.45, 2.75) is 38.5 Å². The molecule has 0 bridgehead atoms. The molecule has 0 fully saturated rings. The first-order valence-electron chi connectivity index (χ1n) is 8.91. The van der Waals surface area contributed by atoms with Crippen LogP contribution in [0.25, 0.3) is 11.5 Å². The van der Waals surface area contributed by atoms with E-state index in [1.54, 1.807) is 11.8 Å². The van der Waals surface area contributed by atoms with Crippen molar-refractivity contribution in [2.75, 3.05) is 11.1 Å². The van der Waals surface area contributed by atoms with Gasteiger partial charge in [-0.1, -0.05) is 40.0 Å². The molecule has 0 spiro atoms. The average Bonchev–Trinajstić information content (AvgIpc) is 3.08. The summed E-state index contributed by atoms with van der Waals surface area (Å²) in [7, 11) is 0. The Balaban J connectivity index is 1.47. The zero-order chi connectivity index (χ0) is 19.2. The Morgan fingerprint density at radius 3 is 2.41 bits per heavy atom. The largest absolute Gasteiger partial charge is 0.403 e. The van der Waals surface area contributed by atoms with E-state index in [-0.39, 0.29) is 11.9 Å². The molecule has 0 radical (unpaired) electrons. The van der Waals surface area contributed by atoms with Crippen LogP contribution in [0.1, 0.15) is 29.5 Å². The lowest BCUT2D eigenvalue weighted by Gasteiger charge is -2.03. The van der Waals surface area contributed by atoms with Crippen molar-refractivity contribution < 1.29 is 9.21 Å². The minimum atomic E-state index is -0.116. The van der Waals surface area contributed by atoms with Crippen molar-refractivity contribution in [3.8, 4) is 11.5 Å². The number of hydrogen-bond acceptors (Lipinski definition) is 5. The normalized spacial score (nSPS) is 10.8. The van der Waals surface area contributed by atoms with Gasteiger partial charge in [-0.3, -0.25) is 10.1 Å². The highest BCUT2D eigenvalue weighted by Crippen LogP contribution is 2.23. The minimum Gasteiger partial charge on any atom is -0.403 e. The highest BCUT2D eigenvalue weighted by molar-refractivity contribution is 7.99. The van der Waals surface area contributed by atoms with E-state index < -0.39 is 0 Å². The molecule has 0 saturated carbocycles. The number of aryl methyl sites for hydroxylation is 3. The number of hydrogen-bond donors (Lipinski definition) is 1. The van der Waals surface area contributed by atoms with Crippen LogP contribution in [0.3, 0.4) is 0 Å². The molecule has 1 N–H and O–H groups in total. The maximum Gasteiger partial charge on any atom is 0.322 e. The van der Waals surface area contributed by atoms with Crippen LogP contribution in [0, 0.1) is 20.8 Å². The molecule has 5 nitrogen and oxygen atoms in total. The number of amides is 1. The predicted molar refractivity (Wildman–Crippen MR) is 109 cm³/mol. The monoisotopic (exact) mass is 381 g/mol. The first-order chi connectivity index (χ1) is 13.0. The molecule has 2 aromatic carbocycles. The third-order valence-electron chi connectivity index (χ3n) is 3.98. The van der Waals surface area contributed by atoms with Crippen molar-refractivity contribution in [1.29, 1.82) is 0 Å². The van der Waals surface area contributed by atoms with Gasteiger partial charge in [-0.15, -0.1) is 16.9 Å². The zero-order valence-electron chi connectivity index (χ0n) is 15.8. The number of aromatic nitrogens is 2. The van der Waals surface area contributed by atoms with Crippen LogP contribution in [-0.2, 0) is 4.79 Å². The molecule has 1 aromatic heterocycles. The second-order valence-corrected chi connectivity index (χ2v) is 7.77. The molecule has 1 amide bonds. The molecule has 3 rings (SSSR count). The van der Waals surface area contributed by atoms with Crippen LogP contribution in [0.5, 0.6) is 0 Å². The maximum absolute atomic E-state index is 12.1. The van der Waals surface area contributed by atoms with Gasteiger partial charge in [-0.2, -0.15) is 0 Å². The molecule has 3 aromatic rings. The lowest BCUT2D eigenvalue weighted by atomic mass is 10.1. The van der Waals surface area contributed by atoms with Gasteiger partial charge in [0.05, 0.1) is 0 Å². The molecule has 1 heterocycles. The standard InChI is InChI=1S/C21H23N3O2S/c1-14-6-8-18(9-7-14)27-10-4-5-19(25)22-21-24-23-20(26-21)17-12-15(2)11-16(3)13-17/h6-9,11-13H,4-5,10H2,1-3H3,(H,22,24,25). The Bertz CT molecular complexity index is 899. The smallest absolute Gasteiger partial charge is 0.322 e. The Morgan fingerprint density at radius 1 is 1.00 bits per heavy atom. The summed E-state index contributed by atoms with van der Waals surface area (Å²) in [6.45, 7) is 6.11. The number of thioether (sulfide) groups is 1. The fourth-order valence-electron chi connectivity index (χ4n) is 2.73. The van der Waals surface area contributed by atoms with E-state index in [4.69, 9.17) is 4.42 Å². The summed E-state index contributed by atoms with van der Waals surface area (Å²) >= 11 is 1.75. The molecular formula is C21H23N3O2S. The van der Waals surface area contributed by atoms with Crippen LogP contribution in [-0.4, -0.2) is 21.9 Å². The van der Waals surface area contributed by atoms with Crippen molar-refractivity contribution in [2.24, 2.45) is 0 Å². The molecular weight excluding hydrogens is 358 g/mol. The zero-order valence-corrected chi connectivity index (χ0v) is 16.6. The fourth-order valence-corrected chi connectivity index (χ4v) is 3.58. The summed E-state index contributed by atoms with van der Waals surface area (Å²) in [5.41, 5.74) is 4.35. The second kappa shape index (κ2) is 8.86. The second-order valence-electron chi connectivity index (χ2n) is 6.60. The van der Waals surface area contributed by atoms with Gasteiger partial charge in [0.1, 0.15) is 0 Å². The summed E-state index contributed by atoms with van der Waals surface area (Å²) in [6.07, 6.45) is 1.20. The van der Waals surface area contributed by atoms with E-state index in [1.807, 2.05) is 26.0 Å². The van der Waals surface area contributed by atoms with Crippen LogP contribution in [0.4, 0.5) is 6.01 Å². The lowest BCUT2D eigenvalue weighted by molar-refractivity contribution is -0.116. The van der Waals surface area contributed by atoms with E-state index in [9.17, 15) is 4.79 Å². The molecule has 0 aliphatic rings. The Labute approximate surface area is 163 Å². The third kappa shape index (κ3) is 5.69. The molecule has 140 valence electrons. The Morgan fingerprint density at radius 2 is 1.70 bits per heavy atom. The number of benzene rings is 2. The number of carbonyl (C=O) groups is 1. The fraction of sp³-hybridized carbons (Fsp3) is 0.286. The number of nitrogens with one attached hydrogen (secondary N) is 1. The van der Waals surface area contributed by atoms with Gasteiger partial charge in [-0.25, -0.2) is 0 Å². The number of carbonyl (C=O) groups excluding carboxylic acids is 1. The molecule has 6 heteroatoms. The van der Waals surface area contributed by atoms with E-state index in [0.29, 0.717) is 12.3 Å². The van der Waals surface area contributed by atoms with Crippen LogP contribution in [0.15, 0.2) is 51.8 Å². The van der Waals surface area contributed by atoms with E-state index in [1.165, 1.54) is 10.5 Å². The van der Waals surface area contributed by atoms with Gasteiger partial charge in [0.15, 0.2) is 0 Å². The van der Waals surface area contributed by atoms with Crippen LogP contribution < -0.4 is 5.32 Å². The minimum absolute atomic E-state index is 0.116. The molecule has 27 heavy (non-hydrogen) atoms. The Hall–Kier alpha value is -2.60. The molecule has 0 atom stereocenters. The van der Waals surface area contributed by atoms with Crippen molar-refractivity contribution in [3.05, 3.63) is 59.2 Å². The van der Waals surface area contributed by atoms with Gasteiger partial charge in [-0.05, 0) is 57.2 Å². The number of nitrogens with zero attached hydrogens (tertiary/aromatic N) is 2. The number of anilines is 1. The SMILES string of the molecule is Cc1ccc(SCCCC(=O)Nc2nnc(-c3cc(C)cc(C)c3)o2)cc1. The quantitative estimate of drug-likeness (QED) is 0.451. The van der Waals surface area contributed by atoms with Gasteiger partial charge in [0.2, 0.25) is 11.8 Å². The van der Waals surface area contributed by atoms with E-state index in [0.717, 1.165) is 28.9 Å². The molecule has 0 aliphatic heterocycles. The average molecular weight is 382 g/mol. The van der Waals surface area contributed by atoms with Crippen LogP contribution in [0.2, 0.25) is 0 Å². The Kier molecular flexibility index (Phi) is 6.29. The summed E-state index contributed by atoms with van der Waals surface area (Å²) in [5, 5.41) is 10.6. The van der Waals surface area contributed by atoms with Crippen LogP contribution >= 0.6 is 11.8 Å². The number of rotatable bonds is 7. The van der Waals surface area contributed by atoms with Crippen molar-refractivity contribution in [3.63, 3.8) is 0 Å². The highest BCUT2D eigenvalue weighted by Gasteiger charge is 2.12. The predicted octanol–water partition coefficient (Wildman–Crippen LogP) is 5.17. The summed E-state index contributed by atoms with van der Waals surface area (Å²) in [5.74, 6) is 1.18. The molecule has 0 saturated heterocycles. The highest BCUT2D eigenvalue weighted by atomic mass is 32.2. The van der Waals surface area contributed by atoms with Crippen molar-refractivity contribution in [1.82, 2.24) is 10.2 Å². The van der Waals surface area contributed by atoms with Gasteiger partial charge < -0.3 is 4.42 Å². The van der Waals surface area contributed by atoms with Gasteiger partial charge in [0.25, 0.3) is 0 Å². The molecule has 0 unspecified atom stereocenters. The summed E-state index contributed by atoms with van der Waals surface area (Å²) < 4.78 is 5.58. The first kappa shape index (κ1) is 19.2. The molecule has 0 aliphatic carbocycles. The first-order valence-corrected chi connectivity index (χ1v) is 9.89. The summed E-state index contributed by atoms with van der Waals surface area (Å²) in [6, 6.07) is 14.6. The van der Waals surface area contributed by atoms with E-state index in [2.05, 4.69) is 52.8 Å². The van der Waals surface area contributed by atoms with Crippen molar-refractivity contribution >= 4 is 23.7 Å². The lowest BCUT2D eigenvalue weighted by Crippen LogP contribution is -2.11. The van der Waals surface area contributed by atoms with Gasteiger partial charge >= 0.3 is 6.01 Å². The third-order valence-corrected chi connectivity index (χ3v) is 5.08. The summed E-state index contributed by atoms with van der Waals surface area (Å²) in [4.78, 5) is 13.3. The van der Waals surface area contributed by atoms with E-state index >= 15 is 0 Å². The maximum atomic E-state index is 12.1.